The van der Waals surface area contributed by atoms with Gasteiger partial charge in [-0.1, -0.05) is 18.2 Å². The van der Waals surface area contributed by atoms with E-state index in [0.717, 1.165) is 16.1 Å². The average molecular weight is 410 g/mol. The molecule has 4 aromatic rings. The molecular weight excluding hydrogens is 392 g/mol. The summed E-state index contributed by atoms with van der Waals surface area (Å²) in [5, 5.41) is 13.0. The van der Waals surface area contributed by atoms with Crippen LogP contribution in [0.15, 0.2) is 63.6 Å². The molecule has 1 aromatic carbocycles. The lowest BCUT2D eigenvalue weighted by molar-refractivity contribution is -0.122. The van der Waals surface area contributed by atoms with Crippen molar-refractivity contribution in [2.24, 2.45) is 0 Å². The van der Waals surface area contributed by atoms with Crippen LogP contribution < -0.4 is 11.1 Å². The van der Waals surface area contributed by atoms with Crippen molar-refractivity contribution in [1.29, 1.82) is 0 Å². The zero-order chi connectivity index (χ0) is 20.2. The molecule has 0 spiro atoms. The van der Waals surface area contributed by atoms with Gasteiger partial charge in [0.05, 0.1) is 23.2 Å². The maximum Gasteiger partial charge on any atom is 0.437 e. The van der Waals surface area contributed by atoms with Crippen LogP contribution in [0.2, 0.25) is 0 Å². The van der Waals surface area contributed by atoms with Crippen LogP contribution in [-0.4, -0.2) is 30.5 Å². The number of amides is 1. The number of benzene rings is 1. The molecule has 0 aliphatic carbocycles. The second-order valence-electron chi connectivity index (χ2n) is 6.34. The van der Waals surface area contributed by atoms with E-state index >= 15 is 0 Å². The number of thiophene rings is 1. The number of nitrogens with one attached hydrogen (secondary N) is 1. The quantitative estimate of drug-likeness (QED) is 0.501. The van der Waals surface area contributed by atoms with Gasteiger partial charge in [-0.05, 0) is 36.1 Å². The highest BCUT2D eigenvalue weighted by molar-refractivity contribution is 7.13. The molecule has 1 N–H and O–H groups in total. The van der Waals surface area contributed by atoms with E-state index in [1.807, 2.05) is 48.7 Å². The number of aromatic nitrogens is 5. The Labute approximate surface area is 169 Å². The van der Waals surface area contributed by atoms with Crippen molar-refractivity contribution in [2.75, 3.05) is 0 Å². The first-order valence-electron chi connectivity index (χ1n) is 8.96. The summed E-state index contributed by atoms with van der Waals surface area (Å²) in [5.41, 5.74) is 1.84. The van der Waals surface area contributed by atoms with E-state index in [2.05, 4.69) is 20.5 Å². The van der Waals surface area contributed by atoms with Gasteiger partial charge in [-0.3, -0.25) is 4.79 Å². The van der Waals surface area contributed by atoms with E-state index in [9.17, 15) is 9.59 Å². The SMILES string of the molecule is C[C@H](NC(=O)CCn1nc(-c2cccs2)oc1=O)c1ccc(-n2cncn2)cc1. The summed E-state index contributed by atoms with van der Waals surface area (Å²) < 4.78 is 7.98. The molecule has 29 heavy (non-hydrogen) atoms. The van der Waals surface area contributed by atoms with Crippen molar-refractivity contribution in [3.63, 3.8) is 0 Å². The minimum atomic E-state index is -0.571. The first kappa shape index (κ1) is 18.8. The molecule has 3 aromatic heterocycles. The molecule has 0 fully saturated rings. The number of aryl methyl sites for hydroxylation is 1. The maximum atomic E-state index is 12.3. The van der Waals surface area contributed by atoms with Crippen LogP contribution in [-0.2, 0) is 11.3 Å². The van der Waals surface area contributed by atoms with Gasteiger partial charge >= 0.3 is 5.76 Å². The molecule has 3 heterocycles. The Kier molecular flexibility index (Phi) is 5.34. The minimum Gasteiger partial charge on any atom is -0.387 e. The van der Waals surface area contributed by atoms with Crippen LogP contribution >= 0.6 is 11.3 Å². The van der Waals surface area contributed by atoms with Gasteiger partial charge in [0.15, 0.2) is 0 Å². The summed E-state index contributed by atoms with van der Waals surface area (Å²) in [6.07, 6.45) is 3.22. The van der Waals surface area contributed by atoms with E-state index in [1.54, 1.807) is 11.0 Å². The van der Waals surface area contributed by atoms with E-state index in [4.69, 9.17) is 4.42 Å². The number of nitrogens with zero attached hydrogens (tertiary/aromatic N) is 5. The molecule has 0 unspecified atom stereocenters. The largest absolute Gasteiger partial charge is 0.437 e. The Morgan fingerprint density at radius 1 is 1.28 bits per heavy atom. The highest BCUT2D eigenvalue weighted by Gasteiger charge is 2.14. The smallest absolute Gasteiger partial charge is 0.387 e. The third-order valence-corrected chi connectivity index (χ3v) is 5.20. The van der Waals surface area contributed by atoms with Crippen LogP contribution in [0.25, 0.3) is 16.5 Å². The Morgan fingerprint density at radius 3 is 2.79 bits per heavy atom. The van der Waals surface area contributed by atoms with Gasteiger partial charge in [0.25, 0.3) is 5.89 Å². The first-order chi connectivity index (χ1) is 14.1. The summed E-state index contributed by atoms with van der Waals surface area (Å²) in [4.78, 5) is 28.9. The van der Waals surface area contributed by atoms with Crippen LogP contribution in [0.5, 0.6) is 0 Å². The molecule has 0 radical (unpaired) electrons. The van der Waals surface area contributed by atoms with Gasteiger partial charge in [0.1, 0.15) is 12.7 Å². The van der Waals surface area contributed by atoms with Crippen LogP contribution in [0.3, 0.4) is 0 Å². The lowest BCUT2D eigenvalue weighted by atomic mass is 10.1. The van der Waals surface area contributed by atoms with Gasteiger partial charge in [-0.25, -0.2) is 14.5 Å². The molecule has 4 rings (SSSR count). The Balaban J connectivity index is 1.33. The maximum absolute atomic E-state index is 12.3. The van der Waals surface area contributed by atoms with Gasteiger partial charge in [0.2, 0.25) is 5.91 Å². The average Bonchev–Trinajstić information content (AvgIpc) is 3.48. The summed E-state index contributed by atoms with van der Waals surface area (Å²) in [6.45, 7) is 2.05. The third kappa shape index (κ3) is 4.32. The molecule has 9 nitrogen and oxygen atoms in total. The zero-order valence-corrected chi connectivity index (χ0v) is 16.4. The molecule has 0 aliphatic rings. The molecule has 148 valence electrons. The molecule has 1 atom stereocenters. The predicted octanol–water partition coefficient (Wildman–Crippen LogP) is 2.41. The molecule has 0 saturated carbocycles. The molecule has 10 heteroatoms. The highest BCUT2D eigenvalue weighted by Crippen LogP contribution is 2.21. The normalized spacial score (nSPS) is 12.0. The summed E-state index contributed by atoms with van der Waals surface area (Å²) in [5.74, 6) is -0.477. The monoisotopic (exact) mass is 410 g/mol. The Morgan fingerprint density at radius 2 is 2.10 bits per heavy atom. The van der Waals surface area contributed by atoms with Gasteiger partial charge < -0.3 is 9.73 Å². The molecule has 1 amide bonds. The number of hydrogen-bond acceptors (Lipinski definition) is 7. The molecule has 0 aliphatic heterocycles. The van der Waals surface area contributed by atoms with Crippen molar-refractivity contribution in [2.45, 2.75) is 25.9 Å². The number of rotatable bonds is 7. The fourth-order valence-corrected chi connectivity index (χ4v) is 3.45. The van der Waals surface area contributed by atoms with Crippen molar-refractivity contribution < 1.29 is 9.21 Å². The van der Waals surface area contributed by atoms with Crippen LogP contribution in [0, 0.1) is 0 Å². The van der Waals surface area contributed by atoms with Crippen molar-refractivity contribution >= 4 is 17.2 Å². The lowest BCUT2D eigenvalue weighted by Gasteiger charge is -2.14. The topological polar surface area (TPSA) is 108 Å². The van der Waals surface area contributed by atoms with E-state index in [-0.39, 0.29) is 30.8 Å². The molecule has 0 saturated heterocycles. The summed E-state index contributed by atoms with van der Waals surface area (Å²) in [6, 6.07) is 11.2. The van der Waals surface area contributed by atoms with Crippen LogP contribution in [0.1, 0.15) is 24.9 Å². The second kappa shape index (κ2) is 8.23. The highest BCUT2D eigenvalue weighted by atomic mass is 32.1. The number of carbonyl (C=O) groups excluding carboxylic acids is 1. The fraction of sp³-hybridized carbons (Fsp3) is 0.211. The van der Waals surface area contributed by atoms with Crippen molar-refractivity contribution in [3.05, 3.63) is 70.5 Å². The minimum absolute atomic E-state index is 0.123. The molecular formula is C19H18N6O3S. The molecule has 0 bridgehead atoms. The summed E-state index contributed by atoms with van der Waals surface area (Å²) >= 11 is 1.43. The Bertz CT molecular complexity index is 1130. The lowest BCUT2D eigenvalue weighted by Crippen LogP contribution is -2.29. The number of hydrogen-bond donors (Lipinski definition) is 1. The van der Waals surface area contributed by atoms with Crippen molar-refractivity contribution in [3.8, 4) is 16.5 Å². The van der Waals surface area contributed by atoms with Gasteiger partial charge in [-0.15, -0.1) is 16.4 Å². The number of carbonyl (C=O) groups is 1. The van der Waals surface area contributed by atoms with Crippen LogP contribution in [0.4, 0.5) is 0 Å². The fourth-order valence-electron chi connectivity index (χ4n) is 2.81. The Hall–Kier alpha value is -3.53. The first-order valence-corrected chi connectivity index (χ1v) is 9.84. The van der Waals surface area contributed by atoms with Gasteiger partial charge in [-0.2, -0.15) is 9.78 Å². The van der Waals surface area contributed by atoms with E-state index in [0.29, 0.717) is 0 Å². The van der Waals surface area contributed by atoms with E-state index < -0.39 is 5.76 Å². The van der Waals surface area contributed by atoms with E-state index in [1.165, 1.54) is 22.3 Å². The second-order valence-corrected chi connectivity index (χ2v) is 7.29. The van der Waals surface area contributed by atoms with Crippen molar-refractivity contribution in [1.82, 2.24) is 29.9 Å². The third-order valence-electron chi connectivity index (χ3n) is 4.34. The zero-order valence-electron chi connectivity index (χ0n) is 15.6. The predicted molar refractivity (Wildman–Crippen MR) is 107 cm³/mol. The van der Waals surface area contributed by atoms with Gasteiger partial charge in [0, 0.05) is 6.42 Å². The summed E-state index contributed by atoms with van der Waals surface area (Å²) in [7, 11) is 0. The standard InChI is InChI=1S/C19H18N6O3S/c1-13(14-4-6-15(7-5-14)25-12-20-11-21-25)22-17(26)8-9-24-19(27)28-18(23-24)16-3-2-10-29-16/h2-7,10-13H,8-9H2,1H3,(H,22,26)/t13-/m0/s1.